The van der Waals surface area contributed by atoms with E-state index in [2.05, 4.69) is 4.98 Å². The highest BCUT2D eigenvalue weighted by Crippen LogP contribution is 2.22. The smallest absolute Gasteiger partial charge is 0.146 e. The maximum Gasteiger partial charge on any atom is 0.146 e. The first-order valence-corrected chi connectivity index (χ1v) is 4.40. The second kappa shape index (κ2) is 3.85. The van der Waals surface area contributed by atoms with E-state index >= 15 is 0 Å². The Hall–Kier alpha value is -0.630. The summed E-state index contributed by atoms with van der Waals surface area (Å²) in [5.41, 5.74) is 1.35. The van der Waals surface area contributed by atoms with Crippen molar-refractivity contribution in [2.24, 2.45) is 0 Å². The first-order chi connectivity index (χ1) is 5.70. The van der Waals surface area contributed by atoms with Gasteiger partial charge in [0.05, 0.1) is 16.9 Å². The fourth-order valence-corrected chi connectivity index (χ4v) is 1.53. The molecule has 0 saturated heterocycles. The van der Waals surface area contributed by atoms with Gasteiger partial charge in [0.25, 0.3) is 0 Å². The summed E-state index contributed by atoms with van der Waals surface area (Å²) in [4.78, 5) is 3.90. The Morgan fingerprint density at radius 2 is 2.08 bits per heavy atom. The van der Waals surface area contributed by atoms with Crippen LogP contribution in [0.2, 0.25) is 5.02 Å². The molecule has 1 nitrogen and oxygen atoms in total. The predicted molar refractivity (Wildman–Crippen MR) is 48.0 cm³/mol. The van der Waals surface area contributed by atoms with Crippen molar-refractivity contribution in [1.82, 2.24) is 4.98 Å². The molecular weight excluding hydrogens is 177 g/mol. The number of aryl methyl sites for hydroxylation is 1. The average molecular weight is 188 g/mol. The maximum absolute atomic E-state index is 13.0. The van der Waals surface area contributed by atoms with E-state index in [4.69, 9.17) is 11.6 Å². The normalized spacial score (nSPS) is 10.3. The lowest BCUT2D eigenvalue weighted by molar-refractivity contribution is 0.603. The van der Waals surface area contributed by atoms with E-state index < -0.39 is 0 Å². The van der Waals surface area contributed by atoms with Crippen molar-refractivity contribution in [3.05, 3.63) is 28.3 Å². The van der Waals surface area contributed by atoms with Gasteiger partial charge in [-0.05, 0) is 12.8 Å². The zero-order valence-electron chi connectivity index (χ0n) is 7.19. The molecule has 0 aliphatic rings. The Morgan fingerprint density at radius 3 is 2.58 bits per heavy atom. The van der Waals surface area contributed by atoms with Crippen LogP contribution in [0, 0.1) is 5.82 Å². The molecule has 1 rings (SSSR count). The summed E-state index contributed by atoms with van der Waals surface area (Å²) in [5.74, 6) is -0.306. The monoisotopic (exact) mass is 187 g/mol. The summed E-state index contributed by atoms with van der Waals surface area (Å²) in [7, 11) is 0. The van der Waals surface area contributed by atoms with Crippen LogP contribution in [0.3, 0.4) is 0 Å². The molecule has 0 spiro atoms. The van der Waals surface area contributed by atoms with Gasteiger partial charge in [-0.3, -0.25) is 4.98 Å². The number of hydrogen-bond donors (Lipinski definition) is 0. The lowest BCUT2D eigenvalue weighted by Gasteiger charge is -2.05. The average Bonchev–Trinajstić information content (AvgIpc) is 2.06. The molecule has 0 bridgehead atoms. The molecule has 66 valence electrons. The second-order valence-electron chi connectivity index (χ2n) is 2.55. The molecule has 0 unspecified atom stereocenters. The van der Waals surface area contributed by atoms with Crippen LogP contribution in [0.1, 0.15) is 25.1 Å². The molecule has 1 aromatic heterocycles. The highest BCUT2D eigenvalue weighted by Gasteiger charge is 2.09. The largest absolute Gasteiger partial charge is 0.257 e. The highest BCUT2D eigenvalue weighted by atomic mass is 35.5. The molecule has 0 aromatic carbocycles. The first kappa shape index (κ1) is 9.46. The molecule has 0 radical (unpaired) electrons. The van der Waals surface area contributed by atoms with Crippen LogP contribution in [0.5, 0.6) is 0 Å². The van der Waals surface area contributed by atoms with E-state index in [1.54, 1.807) is 0 Å². The van der Waals surface area contributed by atoms with Gasteiger partial charge in [0.15, 0.2) is 0 Å². The zero-order chi connectivity index (χ0) is 9.14. The van der Waals surface area contributed by atoms with Crippen LogP contribution in [-0.4, -0.2) is 4.98 Å². The van der Waals surface area contributed by atoms with Crippen molar-refractivity contribution in [3.63, 3.8) is 0 Å². The fraction of sp³-hybridized carbons (Fsp3) is 0.444. The van der Waals surface area contributed by atoms with E-state index in [0.29, 0.717) is 17.0 Å². The minimum atomic E-state index is -0.306. The molecule has 0 fully saturated rings. The molecule has 1 aromatic rings. The summed E-state index contributed by atoms with van der Waals surface area (Å²) < 4.78 is 13.0. The third kappa shape index (κ3) is 1.58. The number of halogens is 2. The SMILES string of the molecule is CCc1ncc(F)c(CC)c1Cl. The van der Waals surface area contributed by atoms with Crippen LogP contribution in [0.25, 0.3) is 0 Å². The van der Waals surface area contributed by atoms with Crippen molar-refractivity contribution in [1.29, 1.82) is 0 Å². The number of hydrogen-bond acceptors (Lipinski definition) is 1. The van der Waals surface area contributed by atoms with Crippen LogP contribution in [-0.2, 0) is 12.8 Å². The molecule has 0 amide bonds. The Bertz CT molecular complexity index is 286. The van der Waals surface area contributed by atoms with Crippen LogP contribution in [0.15, 0.2) is 6.20 Å². The molecule has 0 atom stereocenters. The quantitative estimate of drug-likeness (QED) is 0.694. The topological polar surface area (TPSA) is 12.9 Å². The van der Waals surface area contributed by atoms with Crippen LogP contribution in [0.4, 0.5) is 4.39 Å². The van der Waals surface area contributed by atoms with E-state index in [-0.39, 0.29) is 5.82 Å². The molecule has 0 aliphatic heterocycles. The van der Waals surface area contributed by atoms with Gasteiger partial charge in [-0.15, -0.1) is 0 Å². The van der Waals surface area contributed by atoms with E-state index in [0.717, 1.165) is 12.1 Å². The van der Waals surface area contributed by atoms with Crippen molar-refractivity contribution in [2.75, 3.05) is 0 Å². The van der Waals surface area contributed by atoms with E-state index in [1.807, 2.05) is 13.8 Å². The summed E-state index contributed by atoms with van der Waals surface area (Å²) in [6.45, 7) is 3.83. The van der Waals surface area contributed by atoms with Gasteiger partial charge in [-0.25, -0.2) is 4.39 Å². The van der Waals surface area contributed by atoms with Gasteiger partial charge >= 0.3 is 0 Å². The number of nitrogens with zero attached hydrogens (tertiary/aromatic N) is 1. The van der Waals surface area contributed by atoms with Gasteiger partial charge in [-0.2, -0.15) is 0 Å². The number of rotatable bonds is 2. The van der Waals surface area contributed by atoms with Crippen molar-refractivity contribution < 1.29 is 4.39 Å². The van der Waals surface area contributed by atoms with Gasteiger partial charge in [0.2, 0.25) is 0 Å². The van der Waals surface area contributed by atoms with Gasteiger partial charge in [-0.1, -0.05) is 25.4 Å². The maximum atomic E-state index is 13.0. The molecule has 1 heterocycles. The standard InChI is InChI=1S/C9H11ClFN/c1-3-6-7(11)5-12-8(4-2)9(6)10/h5H,3-4H2,1-2H3. The molecule has 0 saturated carbocycles. The highest BCUT2D eigenvalue weighted by molar-refractivity contribution is 6.32. The molecular formula is C9H11ClFN. The Morgan fingerprint density at radius 1 is 1.42 bits per heavy atom. The summed E-state index contributed by atoms with van der Waals surface area (Å²) >= 11 is 5.91. The summed E-state index contributed by atoms with van der Waals surface area (Å²) in [6, 6.07) is 0. The van der Waals surface area contributed by atoms with Gasteiger partial charge in [0.1, 0.15) is 5.82 Å². The van der Waals surface area contributed by atoms with Crippen molar-refractivity contribution in [2.45, 2.75) is 26.7 Å². The minimum Gasteiger partial charge on any atom is -0.257 e. The van der Waals surface area contributed by atoms with Gasteiger partial charge in [0, 0.05) is 5.56 Å². The lowest BCUT2D eigenvalue weighted by Crippen LogP contribution is -1.97. The first-order valence-electron chi connectivity index (χ1n) is 4.02. The van der Waals surface area contributed by atoms with Crippen LogP contribution < -0.4 is 0 Å². The van der Waals surface area contributed by atoms with Gasteiger partial charge < -0.3 is 0 Å². The van der Waals surface area contributed by atoms with Crippen molar-refractivity contribution >= 4 is 11.6 Å². The third-order valence-corrected chi connectivity index (χ3v) is 2.28. The Balaban J connectivity index is 3.24. The van der Waals surface area contributed by atoms with E-state index in [1.165, 1.54) is 6.20 Å². The van der Waals surface area contributed by atoms with Crippen LogP contribution >= 0.6 is 11.6 Å². The number of aromatic nitrogens is 1. The Labute approximate surface area is 76.6 Å². The molecule has 0 N–H and O–H groups in total. The minimum absolute atomic E-state index is 0.306. The molecule has 12 heavy (non-hydrogen) atoms. The van der Waals surface area contributed by atoms with Crippen molar-refractivity contribution in [3.8, 4) is 0 Å². The third-order valence-electron chi connectivity index (χ3n) is 1.83. The second-order valence-corrected chi connectivity index (χ2v) is 2.93. The van der Waals surface area contributed by atoms with E-state index in [9.17, 15) is 4.39 Å². The molecule has 0 aliphatic carbocycles. The molecule has 3 heteroatoms. The summed E-state index contributed by atoms with van der Waals surface area (Å²) in [5, 5.41) is 0.486. The Kier molecular flexibility index (Phi) is 3.04. The summed E-state index contributed by atoms with van der Waals surface area (Å²) in [6.07, 6.45) is 2.59. The zero-order valence-corrected chi connectivity index (χ0v) is 7.95. The number of pyridine rings is 1. The fourth-order valence-electron chi connectivity index (χ4n) is 1.12. The lowest BCUT2D eigenvalue weighted by atomic mass is 10.1. The predicted octanol–water partition coefficient (Wildman–Crippen LogP) is 3.00.